The molecule has 0 spiro atoms. The maximum atomic E-state index is 11.9. The molecule has 0 atom stereocenters. The van der Waals surface area contributed by atoms with Crippen molar-refractivity contribution in [1.29, 1.82) is 5.41 Å². The molecular weight excluding hydrogens is 400 g/mol. The summed E-state index contributed by atoms with van der Waals surface area (Å²) in [6.07, 6.45) is 0. The van der Waals surface area contributed by atoms with Crippen molar-refractivity contribution >= 4 is 56.0 Å². The normalized spacial score (nSPS) is 15.5. The van der Waals surface area contributed by atoms with Crippen molar-refractivity contribution in [2.75, 3.05) is 24.7 Å². The number of aromatic nitrogens is 1. The number of amides is 1. The number of hydrogen-bond donors (Lipinski definition) is 6. The molecule has 1 aliphatic rings. The van der Waals surface area contributed by atoms with E-state index in [2.05, 4.69) is 25.3 Å². The predicted octanol–water partition coefficient (Wildman–Crippen LogP) is -1.07. The van der Waals surface area contributed by atoms with Gasteiger partial charge in [0, 0.05) is 30.5 Å². The molecule has 14 heteroatoms. The van der Waals surface area contributed by atoms with Crippen LogP contribution in [0.25, 0.3) is 0 Å². The van der Waals surface area contributed by atoms with E-state index in [1.165, 1.54) is 18.4 Å². The number of nitrogens with two attached hydrogens (primary N) is 2. The van der Waals surface area contributed by atoms with Crippen molar-refractivity contribution in [2.24, 2.45) is 15.9 Å². The molecule has 8 N–H and O–H groups in total. The molecule has 0 aromatic carbocycles. The lowest BCUT2D eigenvalue weighted by molar-refractivity contribution is -0.116. The van der Waals surface area contributed by atoms with E-state index in [-0.39, 0.29) is 17.5 Å². The van der Waals surface area contributed by atoms with Gasteiger partial charge in [0.05, 0.1) is 5.69 Å². The number of thiazole rings is 1. The molecule has 1 aromatic heterocycles. The monoisotopic (exact) mass is 418 g/mol. The minimum Gasteiger partial charge on any atom is -0.394 e. The van der Waals surface area contributed by atoms with E-state index in [0.717, 1.165) is 5.69 Å². The molecule has 0 aliphatic carbocycles. The highest BCUT2D eigenvalue weighted by Gasteiger charge is 2.35. The van der Waals surface area contributed by atoms with Gasteiger partial charge < -0.3 is 27.4 Å². The number of amidine groups is 1. The van der Waals surface area contributed by atoms with Crippen LogP contribution in [-0.2, 0) is 20.6 Å². The van der Waals surface area contributed by atoms with Gasteiger partial charge in [-0.3, -0.25) is 10.2 Å². The Kier molecular flexibility index (Phi) is 6.44. The molecule has 1 aliphatic heterocycles. The lowest BCUT2D eigenvalue weighted by Gasteiger charge is -2.06. The number of carbonyl (C=O) groups excluding carboxylic acids is 1. The van der Waals surface area contributed by atoms with Crippen molar-refractivity contribution in [2.45, 2.75) is 5.75 Å². The van der Waals surface area contributed by atoms with Crippen LogP contribution in [0.3, 0.4) is 0 Å². The number of nitrogens with zero attached hydrogens (tertiary/aromatic N) is 2. The second kappa shape index (κ2) is 8.37. The Balaban J connectivity index is 1.81. The lowest BCUT2D eigenvalue weighted by atomic mass is 10.3. The Morgan fingerprint density at radius 2 is 2.19 bits per heavy atom. The molecule has 0 saturated carbocycles. The van der Waals surface area contributed by atoms with Gasteiger partial charge in [-0.2, -0.15) is 20.2 Å². The Bertz CT molecular complexity index is 874. The van der Waals surface area contributed by atoms with Crippen LogP contribution >= 0.6 is 23.1 Å². The van der Waals surface area contributed by atoms with Crippen LogP contribution in [0.1, 0.15) is 5.69 Å². The molecule has 2 rings (SSSR count). The number of likely N-dealkylation sites (N-methyl/N-ethyl adjacent to an activating group) is 1. The van der Waals surface area contributed by atoms with E-state index < -0.39 is 20.8 Å². The van der Waals surface area contributed by atoms with E-state index in [1.807, 2.05) is 5.38 Å². The topological polar surface area (TPSA) is 188 Å². The summed E-state index contributed by atoms with van der Waals surface area (Å²) in [6, 6.07) is 0. The third-order valence-electron chi connectivity index (χ3n) is 2.98. The van der Waals surface area contributed by atoms with Crippen molar-refractivity contribution in [1.82, 2.24) is 15.6 Å². The molecular formula is C12H18N8O3S3. The fraction of sp³-hybridized carbons (Fsp3) is 0.333. The summed E-state index contributed by atoms with van der Waals surface area (Å²) in [4.78, 5) is 15.3. The first-order chi connectivity index (χ1) is 12.2. The number of thioether (sulfide) groups is 1. The van der Waals surface area contributed by atoms with Crippen LogP contribution < -0.4 is 27.4 Å². The van der Waals surface area contributed by atoms with E-state index >= 15 is 0 Å². The molecule has 0 saturated heterocycles. The zero-order chi connectivity index (χ0) is 19.3. The first-order valence-electron chi connectivity index (χ1n) is 7.19. The summed E-state index contributed by atoms with van der Waals surface area (Å²) in [5.41, 5.74) is 11.6. The Labute approximate surface area is 158 Å². The summed E-state index contributed by atoms with van der Waals surface area (Å²) >= 11 is 2.91. The number of carbonyl (C=O) groups is 1. The molecule has 11 nitrogen and oxygen atoms in total. The molecule has 0 radical (unpaired) electrons. The molecule has 2 heterocycles. The van der Waals surface area contributed by atoms with Crippen molar-refractivity contribution < 1.29 is 13.2 Å². The van der Waals surface area contributed by atoms with Crippen LogP contribution in [-0.4, -0.2) is 50.4 Å². The highest BCUT2D eigenvalue weighted by molar-refractivity contribution is 7.98. The molecule has 1 aromatic rings. The van der Waals surface area contributed by atoms with Gasteiger partial charge in [-0.05, 0) is 0 Å². The molecule has 0 unspecified atom stereocenters. The van der Waals surface area contributed by atoms with E-state index in [9.17, 15) is 13.2 Å². The molecule has 0 fully saturated rings. The van der Waals surface area contributed by atoms with Crippen molar-refractivity contribution in [3.63, 3.8) is 0 Å². The smallest absolute Gasteiger partial charge is 0.292 e. The minimum atomic E-state index is -4.07. The minimum absolute atomic E-state index is 0.0224. The van der Waals surface area contributed by atoms with Crippen LogP contribution in [0.5, 0.6) is 0 Å². The Morgan fingerprint density at radius 3 is 2.85 bits per heavy atom. The summed E-state index contributed by atoms with van der Waals surface area (Å²) in [5, 5.41) is 17.2. The number of nitrogens with one attached hydrogen (secondary N) is 4. The van der Waals surface area contributed by atoms with Gasteiger partial charge in [0.1, 0.15) is 5.70 Å². The summed E-state index contributed by atoms with van der Waals surface area (Å²) in [6.45, 7) is 0.406. The Morgan fingerprint density at radius 1 is 1.46 bits per heavy atom. The number of rotatable bonds is 7. The highest BCUT2D eigenvalue weighted by Crippen LogP contribution is 2.21. The maximum absolute atomic E-state index is 11.9. The number of sulfonamides is 1. The fourth-order valence-corrected chi connectivity index (χ4v) is 4.69. The fourth-order valence-electron chi connectivity index (χ4n) is 1.91. The van der Waals surface area contributed by atoms with Crippen LogP contribution in [0.4, 0.5) is 5.13 Å². The van der Waals surface area contributed by atoms with Gasteiger partial charge in [0.2, 0.25) is 0 Å². The SMILES string of the molecule is CNC(=O)C1=C(N)C(NCCSCc2csc(NC(=N)N)n2)=NS1(=O)=O. The van der Waals surface area contributed by atoms with Gasteiger partial charge >= 0.3 is 0 Å². The Hall–Kier alpha value is -2.32. The van der Waals surface area contributed by atoms with Crippen LogP contribution in [0.2, 0.25) is 0 Å². The highest BCUT2D eigenvalue weighted by atomic mass is 32.2. The third kappa shape index (κ3) is 4.86. The molecule has 142 valence electrons. The van der Waals surface area contributed by atoms with Crippen LogP contribution in [0, 0.1) is 5.41 Å². The second-order valence-corrected chi connectivity index (χ2v) is 8.40. The van der Waals surface area contributed by atoms with Gasteiger partial charge in [-0.1, -0.05) is 0 Å². The van der Waals surface area contributed by atoms with Gasteiger partial charge in [-0.25, -0.2) is 4.98 Å². The van der Waals surface area contributed by atoms with Gasteiger partial charge in [0.25, 0.3) is 15.9 Å². The van der Waals surface area contributed by atoms with E-state index in [1.54, 1.807) is 11.8 Å². The van der Waals surface area contributed by atoms with Crippen molar-refractivity contribution in [3.8, 4) is 0 Å². The van der Waals surface area contributed by atoms with Gasteiger partial charge in [0.15, 0.2) is 21.8 Å². The maximum Gasteiger partial charge on any atom is 0.292 e. The molecule has 26 heavy (non-hydrogen) atoms. The molecule has 1 amide bonds. The van der Waals surface area contributed by atoms with Crippen LogP contribution in [0.15, 0.2) is 20.4 Å². The van der Waals surface area contributed by atoms with Crippen molar-refractivity contribution in [3.05, 3.63) is 21.7 Å². The van der Waals surface area contributed by atoms with E-state index in [0.29, 0.717) is 23.2 Å². The number of anilines is 1. The first kappa shape index (κ1) is 20.0. The second-order valence-electron chi connectivity index (χ2n) is 4.90. The van der Waals surface area contributed by atoms with E-state index in [4.69, 9.17) is 16.9 Å². The largest absolute Gasteiger partial charge is 0.394 e. The zero-order valence-electron chi connectivity index (χ0n) is 13.7. The van der Waals surface area contributed by atoms with Gasteiger partial charge in [-0.15, -0.1) is 15.7 Å². The summed E-state index contributed by atoms with van der Waals surface area (Å²) < 4.78 is 27.2. The standard InChI is InChI=1S/C12H18N8O3S3/c1-16-10(21)8-7(13)9(20-26(8,22)23)17-2-3-24-4-6-5-25-12(18-6)19-11(14)15/h5H,2-4,13H2,1H3,(H,16,21)(H,17,20)(H4,14,15,18,19). The number of hydrogen-bond acceptors (Lipinski definition) is 9. The quantitative estimate of drug-likeness (QED) is 0.182. The summed E-state index contributed by atoms with van der Waals surface area (Å²) in [5.74, 6) is 0.282. The lowest BCUT2D eigenvalue weighted by Crippen LogP contribution is -2.31. The number of guanidine groups is 1. The first-order valence-corrected chi connectivity index (χ1v) is 10.7. The molecule has 0 bridgehead atoms. The third-order valence-corrected chi connectivity index (χ3v) is 6.13. The summed E-state index contributed by atoms with van der Waals surface area (Å²) in [7, 11) is -2.76. The average molecular weight is 419 g/mol. The zero-order valence-corrected chi connectivity index (χ0v) is 16.1. The average Bonchev–Trinajstić information content (AvgIpc) is 3.07. The predicted molar refractivity (Wildman–Crippen MR) is 103 cm³/mol.